The molecule has 2 fully saturated rings. The van der Waals surface area contributed by atoms with Gasteiger partial charge >= 0.3 is 0 Å². The average Bonchev–Trinajstić information content (AvgIpc) is 2.74. The summed E-state index contributed by atoms with van der Waals surface area (Å²) in [4.78, 5) is 11.7. The van der Waals surface area contributed by atoms with Gasteiger partial charge in [0.25, 0.3) is 0 Å². The normalized spacial score (nSPS) is 48.9. The maximum absolute atomic E-state index is 11.7. The van der Waals surface area contributed by atoms with Gasteiger partial charge in [-0.2, -0.15) is 0 Å². The summed E-state index contributed by atoms with van der Waals surface area (Å²) in [6.07, 6.45) is 10.2. The molecule has 6 atom stereocenters. The predicted octanol–water partition coefficient (Wildman–Crippen LogP) is 3.66. The zero-order valence-electron chi connectivity index (χ0n) is 13.1. The molecule has 0 aliphatic heterocycles. The summed E-state index contributed by atoms with van der Waals surface area (Å²) < 4.78 is 0. The average molecular weight is 286 g/mol. The van der Waals surface area contributed by atoms with Crippen LogP contribution in [0.3, 0.4) is 0 Å². The van der Waals surface area contributed by atoms with E-state index in [1.54, 1.807) is 5.57 Å². The van der Waals surface area contributed by atoms with Gasteiger partial charge in [-0.1, -0.05) is 31.1 Å². The van der Waals surface area contributed by atoms with Crippen molar-refractivity contribution in [3.8, 4) is 0 Å². The van der Waals surface area contributed by atoms with E-state index in [0.29, 0.717) is 29.5 Å². The standard InChI is InChI=1S/C19H26O2/c1-11-9-12-10-13(20)3-4-14(12)15-7-8-19(2)16(18(11)15)5-6-17(19)21/h5,10-11,14-15,17-18,21H,3-4,6-9H2,1-2H3/t11?,14-,15+,17?,18+,19-/m0/s1. The molecule has 2 heteroatoms. The zero-order chi connectivity index (χ0) is 14.8. The van der Waals surface area contributed by atoms with E-state index in [1.165, 1.54) is 12.0 Å². The van der Waals surface area contributed by atoms with Crippen LogP contribution in [-0.2, 0) is 4.79 Å². The van der Waals surface area contributed by atoms with Gasteiger partial charge in [0.05, 0.1) is 6.10 Å². The second-order valence-electron chi connectivity index (χ2n) is 8.07. The highest BCUT2D eigenvalue weighted by Gasteiger charge is 2.53. The third-order valence-corrected chi connectivity index (χ3v) is 6.99. The van der Waals surface area contributed by atoms with Crippen molar-refractivity contribution in [3.05, 3.63) is 23.3 Å². The van der Waals surface area contributed by atoms with Crippen LogP contribution in [0.5, 0.6) is 0 Å². The lowest BCUT2D eigenvalue weighted by Gasteiger charge is -2.53. The second kappa shape index (κ2) is 4.55. The molecule has 2 saturated carbocycles. The monoisotopic (exact) mass is 286 g/mol. The van der Waals surface area contributed by atoms with E-state index in [1.807, 2.05) is 6.08 Å². The molecule has 0 radical (unpaired) electrons. The number of aliphatic hydroxyl groups excluding tert-OH is 1. The molecule has 0 aromatic rings. The summed E-state index contributed by atoms with van der Waals surface area (Å²) in [5, 5.41) is 10.4. The van der Waals surface area contributed by atoms with E-state index in [0.717, 1.165) is 32.1 Å². The Morgan fingerprint density at radius 3 is 2.95 bits per heavy atom. The molecule has 0 saturated heterocycles. The van der Waals surface area contributed by atoms with Gasteiger partial charge < -0.3 is 5.11 Å². The number of carbonyl (C=O) groups is 1. The molecule has 0 spiro atoms. The van der Waals surface area contributed by atoms with Gasteiger partial charge in [0.15, 0.2) is 5.78 Å². The molecule has 21 heavy (non-hydrogen) atoms. The molecule has 4 aliphatic rings. The maximum Gasteiger partial charge on any atom is 0.155 e. The lowest BCUT2D eigenvalue weighted by Crippen LogP contribution is -2.46. The Balaban J connectivity index is 1.71. The van der Waals surface area contributed by atoms with Gasteiger partial charge in [-0.25, -0.2) is 0 Å². The Bertz CT molecular complexity index is 544. The van der Waals surface area contributed by atoms with Crippen LogP contribution in [0.4, 0.5) is 0 Å². The molecule has 4 aliphatic carbocycles. The van der Waals surface area contributed by atoms with E-state index < -0.39 is 0 Å². The van der Waals surface area contributed by atoms with Crippen molar-refractivity contribution in [2.75, 3.05) is 0 Å². The number of ketones is 1. The van der Waals surface area contributed by atoms with Gasteiger partial charge in [-0.05, 0) is 61.9 Å². The number of hydrogen-bond donors (Lipinski definition) is 1. The first-order valence-corrected chi connectivity index (χ1v) is 8.62. The quantitative estimate of drug-likeness (QED) is 0.690. The summed E-state index contributed by atoms with van der Waals surface area (Å²) in [6.45, 7) is 4.63. The Labute approximate surface area is 127 Å². The lowest BCUT2D eigenvalue weighted by molar-refractivity contribution is -0.115. The lowest BCUT2D eigenvalue weighted by atomic mass is 9.51. The number of fused-ring (bicyclic) bond motifs is 5. The molecule has 0 amide bonds. The fourth-order valence-electron chi connectivity index (χ4n) is 5.88. The first kappa shape index (κ1) is 13.8. The first-order valence-electron chi connectivity index (χ1n) is 8.62. The smallest absolute Gasteiger partial charge is 0.155 e. The third kappa shape index (κ3) is 1.84. The fraction of sp³-hybridized carbons (Fsp3) is 0.737. The van der Waals surface area contributed by atoms with Crippen LogP contribution in [0.2, 0.25) is 0 Å². The molecule has 0 aromatic heterocycles. The Morgan fingerprint density at radius 2 is 2.14 bits per heavy atom. The van der Waals surface area contributed by atoms with Crippen LogP contribution in [0.15, 0.2) is 23.3 Å². The molecule has 0 bridgehead atoms. The number of rotatable bonds is 0. The number of carbonyl (C=O) groups excluding carboxylic acids is 1. The zero-order valence-corrected chi connectivity index (χ0v) is 13.1. The summed E-state index contributed by atoms with van der Waals surface area (Å²) in [5.41, 5.74) is 3.01. The predicted molar refractivity (Wildman–Crippen MR) is 82.6 cm³/mol. The van der Waals surface area contributed by atoms with E-state index in [-0.39, 0.29) is 11.5 Å². The van der Waals surface area contributed by atoms with E-state index in [2.05, 4.69) is 19.9 Å². The Hall–Kier alpha value is -0.890. The van der Waals surface area contributed by atoms with Crippen molar-refractivity contribution in [2.24, 2.45) is 29.1 Å². The highest BCUT2D eigenvalue weighted by atomic mass is 16.3. The van der Waals surface area contributed by atoms with Gasteiger partial charge in [-0.15, -0.1) is 0 Å². The molecule has 0 heterocycles. The summed E-state index contributed by atoms with van der Waals surface area (Å²) >= 11 is 0. The van der Waals surface area contributed by atoms with Crippen LogP contribution in [0.25, 0.3) is 0 Å². The van der Waals surface area contributed by atoms with Crippen LogP contribution < -0.4 is 0 Å². The Kier molecular flexibility index (Phi) is 2.98. The number of aliphatic hydroxyl groups is 1. The SMILES string of the molecule is CC1CC2=CC(=O)CC[C@@H]2[C@H]2CC[C@@]3(C)C(=CCC3O)[C@H]12. The van der Waals surface area contributed by atoms with E-state index in [4.69, 9.17) is 0 Å². The fourth-order valence-corrected chi connectivity index (χ4v) is 5.88. The molecular formula is C19H26O2. The van der Waals surface area contributed by atoms with E-state index in [9.17, 15) is 9.90 Å². The maximum atomic E-state index is 11.7. The molecule has 2 nitrogen and oxygen atoms in total. The highest BCUT2D eigenvalue weighted by Crippen LogP contribution is 2.61. The van der Waals surface area contributed by atoms with Gasteiger partial charge in [-0.3, -0.25) is 4.79 Å². The van der Waals surface area contributed by atoms with Crippen molar-refractivity contribution >= 4 is 5.78 Å². The van der Waals surface area contributed by atoms with Crippen LogP contribution in [0.1, 0.15) is 52.4 Å². The molecule has 0 aromatic carbocycles. The molecular weight excluding hydrogens is 260 g/mol. The first-order chi connectivity index (χ1) is 10.0. The summed E-state index contributed by atoms with van der Waals surface area (Å²) in [6, 6.07) is 0. The molecule has 2 unspecified atom stereocenters. The molecule has 114 valence electrons. The van der Waals surface area contributed by atoms with E-state index >= 15 is 0 Å². The minimum atomic E-state index is -0.175. The summed E-state index contributed by atoms with van der Waals surface area (Å²) in [5.74, 6) is 2.92. The van der Waals surface area contributed by atoms with Crippen molar-refractivity contribution < 1.29 is 9.90 Å². The van der Waals surface area contributed by atoms with Crippen LogP contribution in [0, 0.1) is 29.1 Å². The second-order valence-corrected chi connectivity index (χ2v) is 8.07. The largest absolute Gasteiger partial charge is 0.392 e. The topological polar surface area (TPSA) is 37.3 Å². The minimum absolute atomic E-state index is 0.0289. The molecule has 1 N–H and O–H groups in total. The highest BCUT2D eigenvalue weighted by molar-refractivity contribution is 5.91. The van der Waals surface area contributed by atoms with Crippen molar-refractivity contribution in [1.82, 2.24) is 0 Å². The van der Waals surface area contributed by atoms with Crippen LogP contribution in [-0.4, -0.2) is 17.0 Å². The summed E-state index contributed by atoms with van der Waals surface area (Å²) in [7, 11) is 0. The van der Waals surface area contributed by atoms with Crippen molar-refractivity contribution in [3.63, 3.8) is 0 Å². The number of allylic oxidation sites excluding steroid dienone is 2. The van der Waals surface area contributed by atoms with Crippen molar-refractivity contribution in [1.29, 1.82) is 0 Å². The van der Waals surface area contributed by atoms with Crippen LogP contribution >= 0.6 is 0 Å². The van der Waals surface area contributed by atoms with Gasteiger partial charge in [0, 0.05) is 11.8 Å². The van der Waals surface area contributed by atoms with Gasteiger partial charge in [0.2, 0.25) is 0 Å². The third-order valence-electron chi connectivity index (χ3n) is 6.99. The van der Waals surface area contributed by atoms with Crippen molar-refractivity contribution in [2.45, 2.75) is 58.5 Å². The minimum Gasteiger partial charge on any atom is -0.392 e. The number of hydrogen-bond acceptors (Lipinski definition) is 2. The van der Waals surface area contributed by atoms with Gasteiger partial charge in [0.1, 0.15) is 0 Å². The molecule has 4 rings (SSSR count). The Morgan fingerprint density at radius 1 is 1.33 bits per heavy atom.